The highest BCUT2D eigenvalue weighted by atomic mass is 35.5. The van der Waals surface area contributed by atoms with Crippen LogP contribution in [0.1, 0.15) is 96.5 Å². The van der Waals surface area contributed by atoms with Crippen molar-refractivity contribution in [1.29, 1.82) is 0 Å². The molecule has 2 N–H and O–H groups in total. The Morgan fingerprint density at radius 3 is 2.45 bits per heavy atom. The van der Waals surface area contributed by atoms with E-state index in [2.05, 4.69) is 38.1 Å². The van der Waals surface area contributed by atoms with Crippen LogP contribution in [-0.4, -0.2) is 59.3 Å². The number of halogens is 2. The van der Waals surface area contributed by atoms with Crippen LogP contribution in [-0.2, 0) is 30.6 Å². The fraction of sp³-hybridized carbons (Fsp3) is 0.373. The Balaban J connectivity index is 1.30. The smallest absolute Gasteiger partial charge is 0.227 e. The van der Waals surface area contributed by atoms with Gasteiger partial charge in [0.05, 0.1) is 38.9 Å². The molecule has 8 rings (SSSR count). The third-order valence-corrected chi connectivity index (χ3v) is 13.6. The quantitative estimate of drug-likeness (QED) is 0.102. The van der Waals surface area contributed by atoms with Gasteiger partial charge in [-0.15, -0.1) is 0 Å². The Hall–Kier alpha value is -5.02. The molecule has 0 unspecified atom stereocenters. The zero-order valence-corrected chi connectivity index (χ0v) is 35.7. The lowest BCUT2D eigenvalue weighted by Gasteiger charge is -2.46. The van der Waals surface area contributed by atoms with Crippen LogP contribution in [0.3, 0.4) is 0 Å². The molecule has 4 atom stereocenters. The molecule has 0 spiro atoms. The van der Waals surface area contributed by atoms with E-state index in [1.807, 2.05) is 54.6 Å². The first-order valence-corrected chi connectivity index (χ1v) is 21.3. The topological polar surface area (TPSA) is 96.3 Å². The van der Waals surface area contributed by atoms with E-state index in [9.17, 15) is 19.8 Å². The maximum absolute atomic E-state index is 15.1. The van der Waals surface area contributed by atoms with Gasteiger partial charge in [0.15, 0.2) is 17.3 Å². The van der Waals surface area contributed by atoms with Gasteiger partial charge in [0.1, 0.15) is 5.82 Å². The molecule has 9 heteroatoms. The molecule has 3 aliphatic carbocycles. The minimum atomic E-state index is -1.36. The van der Waals surface area contributed by atoms with Gasteiger partial charge in [-0.1, -0.05) is 96.9 Å². The number of benzene rings is 5. The molecule has 0 aliphatic heterocycles. The number of ketones is 1. The number of nitrogens with zero attached hydrogens (tertiary/aromatic N) is 1. The second-order valence-electron chi connectivity index (χ2n) is 17.0. The lowest BCUT2D eigenvalue weighted by molar-refractivity contribution is -0.140. The number of aliphatic hydroxyl groups excluding tert-OH is 1. The molecule has 60 heavy (non-hydrogen) atoms. The fourth-order valence-electron chi connectivity index (χ4n) is 9.66. The summed E-state index contributed by atoms with van der Waals surface area (Å²) in [4.78, 5) is 31.0. The first kappa shape index (κ1) is 43.1. The van der Waals surface area contributed by atoms with Gasteiger partial charge in [0.25, 0.3) is 0 Å². The molecule has 2 bridgehead atoms. The van der Waals surface area contributed by atoms with Crippen molar-refractivity contribution >= 4 is 34.1 Å². The highest BCUT2D eigenvalue weighted by Gasteiger charge is 2.57. The molecular weight excluding hydrogens is 777 g/mol. The molecule has 0 saturated heterocycles. The van der Waals surface area contributed by atoms with Gasteiger partial charge in [-0.2, -0.15) is 0 Å². The van der Waals surface area contributed by atoms with E-state index in [0.717, 1.165) is 33.0 Å². The molecule has 1 fully saturated rings. The second kappa shape index (κ2) is 18.3. The first-order chi connectivity index (χ1) is 28.8. The molecule has 0 heterocycles. The van der Waals surface area contributed by atoms with Gasteiger partial charge in [0.2, 0.25) is 5.91 Å². The van der Waals surface area contributed by atoms with Crippen LogP contribution in [0.2, 0.25) is 5.02 Å². The van der Waals surface area contributed by atoms with E-state index in [1.165, 1.54) is 17.7 Å². The van der Waals surface area contributed by atoms with E-state index >= 15 is 4.39 Å². The molecule has 7 nitrogen and oxygen atoms in total. The van der Waals surface area contributed by atoms with E-state index in [0.29, 0.717) is 62.0 Å². The fourth-order valence-corrected chi connectivity index (χ4v) is 9.89. The summed E-state index contributed by atoms with van der Waals surface area (Å²) >= 11 is 6.44. The standard InChI is InChI=1S/C51H55ClFNO6/c1-33-10-9-24-50(2)43(40-21-18-34(26-38(55)20-17-33)27-41(40)46(56)30-42-44(52)15-8-16-45(42)53)23-25-51(50,58)32-54(31-37-13-7-12-36-11-5-6-14-39(36)37)49(57)29-35-19-22-47(59-3)48(28-35)60-4/h5-8,10-16,18-19,21-22,27-28,38,43,55,58H,9,17,20,23-26,29-32H2,1-4H3/t38-,43-,50-,51+/m0/s1. The normalized spacial score (nSPS) is 21.8. The van der Waals surface area contributed by atoms with Gasteiger partial charge in [-0.05, 0) is 121 Å². The number of carbonyl (C=O) groups excluding carboxylic acids is 2. The largest absolute Gasteiger partial charge is 0.493 e. The van der Waals surface area contributed by atoms with Crippen molar-refractivity contribution in [3.05, 3.63) is 153 Å². The van der Waals surface area contributed by atoms with Crippen molar-refractivity contribution in [3.63, 3.8) is 0 Å². The molecule has 3 aliphatic rings. The Morgan fingerprint density at radius 1 is 0.900 bits per heavy atom. The van der Waals surface area contributed by atoms with Crippen molar-refractivity contribution in [2.24, 2.45) is 5.41 Å². The summed E-state index contributed by atoms with van der Waals surface area (Å²) in [5.41, 5.74) is 2.90. The molecule has 5 aromatic carbocycles. The zero-order chi connectivity index (χ0) is 42.6. The molecule has 0 radical (unpaired) electrons. The monoisotopic (exact) mass is 831 g/mol. The number of hydrogen-bond donors (Lipinski definition) is 2. The lowest BCUT2D eigenvalue weighted by atomic mass is 9.64. The van der Waals surface area contributed by atoms with Crippen molar-refractivity contribution in [2.45, 2.75) is 95.8 Å². The van der Waals surface area contributed by atoms with Crippen molar-refractivity contribution in [3.8, 4) is 11.5 Å². The summed E-state index contributed by atoms with van der Waals surface area (Å²) in [5, 5.41) is 26.7. The Kier molecular flexibility index (Phi) is 13.1. The molecule has 1 amide bonds. The van der Waals surface area contributed by atoms with Crippen LogP contribution in [0.25, 0.3) is 10.8 Å². The summed E-state index contributed by atoms with van der Waals surface area (Å²) in [7, 11) is 3.14. The molecular formula is C51H55ClFNO6. The summed E-state index contributed by atoms with van der Waals surface area (Å²) in [6, 6.07) is 29.9. The van der Waals surface area contributed by atoms with Gasteiger partial charge >= 0.3 is 0 Å². The maximum atomic E-state index is 15.1. The minimum Gasteiger partial charge on any atom is -0.493 e. The first-order valence-electron chi connectivity index (χ1n) is 20.9. The highest BCUT2D eigenvalue weighted by molar-refractivity contribution is 6.31. The van der Waals surface area contributed by atoms with Crippen LogP contribution in [0.4, 0.5) is 4.39 Å². The van der Waals surface area contributed by atoms with Crippen molar-refractivity contribution in [2.75, 3.05) is 20.8 Å². The number of ether oxygens (including phenoxy) is 2. The highest BCUT2D eigenvalue weighted by Crippen LogP contribution is 2.59. The average molecular weight is 832 g/mol. The van der Waals surface area contributed by atoms with Gasteiger partial charge in [0, 0.05) is 34.5 Å². The Labute approximate surface area is 357 Å². The van der Waals surface area contributed by atoms with E-state index in [-0.39, 0.29) is 54.1 Å². The summed E-state index contributed by atoms with van der Waals surface area (Å²) in [6.45, 7) is 4.53. The van der Waals surface area contributed by atoms with E-state index < -0.39 is 22.9 Å². The predicted octanol–water partition coefficient (Wildman–Crippen LogP) is 10.4. The van der Waals surface area contributed by atoms with Crippen molar-refractivity contribution in [1.82, 2.24) is 4.90 Å². The summed E-state index contributed by atoms with van der Waals surface area (Å²) < 4.78 is 26.1. The van der Waals surface area contributed by atoms with Crippen LogP contribution in [0.5, 0.6) is 11.5 Å². The van der Waals surface area contributed by atoms with Crippen LogP contribution >= 0.6 is 11.6 Å². The molecule has 0 aromatic heterocycles. The SMILES string of the molecule is COc1ccc(CC(=O)N(Cc2cccc3ccccc23)C[C@]2(O)CC[C@H]3c4ccc(cc4C(=O)Cc4c(F)cccc4Cl)C[C@@H](O)CCC(C)=CCC[C@@]32C)cc1OC. The number of rotatable bonds is 11. The Bertz CT molecular complexity index is 2390. The van der Waals surface area contributed by atoms with Crippen LogP contribution in [0, 0.1) is 11.2 Å². The molecule has 314 valence electrons. The summed E-state index contributed by atoms with van der Waals surface area (Å²) in [6.07, 6.45) is 5.27. The number of fused-ring (bicyclic) bond motifs is 9. The third kappa shape index (κ3) is 9.02. The number of amides is 1. The molecule has 5 aromatic rings. The number of methoxy groups -OCH3 is 2. The number of Topliss-reactive ketones (excluding diaryl/α,β-unsaturated/α-hetero) is 1. The van der Waals surface area contributed by atoms with Gasteiger partial charge in [-0.3, -0.25) is 9.59 Å². The molecule has 1 saturated carbocycles. The van der Waals surface area contributed by atoms with Crippen LogP contribution < -0.4 is 9.47 Å². The van der Waals surface area contributed by atoms with Gasteiger partial charge in [-0.25, -0.2) is 4.39 Å². The number of hydrogen-bond acceptors (Lipinski definition) is 6. The van der Waals surface area contributed by atoms with Gasteiger partial charge < -0.3 is 24.6 Å². The second-order valence-corrected chi connectivity index (χ2v) is 17.4. The predicted molar refractivity (Wildman–Crippen MR) is 235 cm³/mol. The Morgan fingerprint density at radius 2 is 1.67 bits per heavy atom. The van der Waals surface area contributed by atoms with Crippen LogP contribution in [0.15, 0.2) is 109 Å². The van der Waals surface area contributed by atoms with E-state index in [4.69, 9.17) is 21.1 Å². The number of allylic oxidation sites excluding steroid dienone is 2. The zero-order valence-electron chi connectivity index (χ0n) is 35.0. The average Bonchev–Trinajstić information content (AvgIpc) is 3.49. The number of carbonyl (C=O) groups is 2. The van der Waals surface area contributed by atoms with E-state index in [1.54, 1.807) is 31.3 Å². The maximum Gasteiger partial charge on any atom is 0.227 e. The minimum absolute atomic E-state index is 0.0659. The van der Waals surface area contributed by atoms with Crippen molar-refractivity contribution < 1.29 is 33.7 Å². The summed E-state index contributed by atoms with van der Waals surface area (Å²) in [5.74, 6) is -0.160. The lowest BCUT2D eigenvalue weighted by Crippen LogP contribution is -2.53. The third-order valence-electron chi connectivity index (χ3n) is 13.2. The number of aliphatic hydroxyl groups is 2.